The van der Waals surface area contributed by atoms with E-state index in [1.807, 2.05) is 30.8 Å². The van der Waals surface area contributed by atoms with E-state index < -0.39 is 0 Å². The predicted octanol–water partition coefficient (Wildman–Crippen LogP) is 4.30. The average molecular weight is 259 g/mol. The monoisotopic (exact) mass is 259 g/mol. The van der Waals surface area contributed by atoms with E-state index in [4.69, 9.17) is 0 Å². The number of rotatable bonds is 1. The zero-order valence-corrected chi connectivity index (χ0v) is 11.1. The van der Waals surface area contributed by atoms with Gasteiger partial charge in [-0.15, -0.1) is 11.8 Å². The molecule has 0 saturated carbocycles. The van der Waals surface area contributed by atoms with E-state index in [0.717, 1.165) is 11.3 Å². The number of anilines is 1. The van der Waals surface area contributed by atoms with Crippen molar-refractivity contribution < 1.29 is 4.39 Å². The Bertz CT molecular complexity index is 586. The first-order valence-electron chi connectivity index (χ1n) is 5.91. The number of benzene rings is 1. The molecular weight excluding hydrogens is 245 g/mol. The summed E-state index contributed by atoms with van der Waals surface area (Å²) in [6.07, 6.45) is 2.08. The first-order chi connectivity index (χ1) is 8.66. The van der Waals surface area contributed by atoms with Gasteiger partial charge in [0.2, 0.25) is 0 Å². The van der Waals surface area contributed by atoms with Crippen molar-refractivity contribution in [1.82, 2.24) is 0 Å². The van der Waals surface area contributed by atoms with Gasteiger partial charge in [-0.1, -0.05) is 18.7 Å². The molecule has 0 N–H and O–H groups in total. The number of fused-ring (bicyclic) bond motifs is 3. The quantitative estimate of drug-likeness (QED) is 0.740. The number of halogens is 1. The summed E-state index contributed by atoms with van der Waals surface area (Å²) in [5.74, 6) is 0.624. The summed E-state index contributed by atoms with van der Waals surface area (Å²) in [5, 5.41) is 0. The molecule has 3 rings (SSSR count). The van der Waals surface area contributed by atoms with Gasteiger partial charge in [0, 0.05) is 21.9 Å². The molecule has 1 aromatic rings. The number of para-hydroxylation sites is 1. The highest BCUT2D eigenvalue weighted by atomic mass is 32.2. The second-order valence-corrected chi connectivity index (χ2v) is 5.56. The Kier molecular flexibility index (Phi) is 2.78. The fourth-order valence-electron chi connectivity index (χ4n) is 2.41. The van der Waals surface area contributed by atoms with Gasteiger partial charge in [0.05, 0.1) is 12.2 Å². The van der Waals surface area contributed by atoms with Gasteiger partial charge in [0.15, 0.2) is 0 Å². The van der Waals surface area contributed by atoms with E-state index in [-0.39, 0.29) is 5.83 Å². The van der Waals surface area contributed by atoms with E-state index in [0.29, 0.717) is 12.1 Å². The van der Waals surface area contributed by atoms with Crippen LogP contribution in [0.4, 0.5) is 10.1 Å². The van der Waals surface area contributed by atoms with Crippen LogP contribution in [-0.4, -0.2) is 12.3 Å². The fraction of sp³-hybridized carbons (Fsp3) is 0.200. The molecule has 0 saturated heterocycles. The number of nitrogens with zero attached hydrogens (tertiary/aromatic N) is 1. The van der Waals surface area contributed by atoms with Gasteiger partial charge >= 0.3 is 0 Å². The zero-order valence-electron chi connectivity index (χ0n) is 10.2. The van der Waals surface area contributed by atoms with Crippen LogP contribution in [0.25, 0.3) is 0 Å². The second-order valence-electron chi connectivity index (χ2n) is 4.54. The van der Waals surface area contributed by atoms with Gasteiger partial charge in [-0.2, -0.15) is 0 Å². The van der Waals surface area contributed by atoms with Crippen molar-refractivity contribution in [2.45, 2.75) is 11.8 Å². The highest BCUT2D eigenvalue weighted by Gasteiger charge is 2.26. The van der Waals surface area contributed by atoms with E-state index in [2.05, 4.69) is 29.7 Å². The van der Waals surface area contributed by atoms with Crippen molar-refractivity contribution in [3.8, 4) is 0 Å². The number of allylic oxidation sites excluding steroid dienone is 2. The maximum absolute atomic E-state index is 13.5. The lowest BCUT2D eigenvalue weighted by Crippen LogP contribution is -2.32. The molecule has 18 heavy (non-hydrogen) atoms. The molecule has 0 aromatic heterocycles. The van der Waals surface area contributed by atoms with Gasteiger partial charge in [-0.25, -0.2) is 4.39 Å². The Balaban J connectivity index is 2.07. The molecule has 0 spiro atoms. The molecule has 2 aliphatic heterocycles. The van der Waals surface area contributed by atoms with Gasteiger partial charge in [0.25, 0.3) is 0 Å². The summed E-state index contributed by atoms with van der Waals surface area (Å²) in [5.41, 5.74) is 4.13. The van der Waals surface area contributed by atoms with Crippen molar-refractivity contribution in [1.29, 1.82) is 0 Å². The van der Waals surface area contributed by atoms with Crippen LogP contribution in [0.15, 0.2) is 64.5 Å². The van der Waals surface area contributed by atoms with Gasteiger partial charge in [-0.3, -0.25) is 0 Å². The minimum atomic E-state index is -0.321. The number of hydrogen-bond acceptors (Lipinski definition) is 2. The molecule has 1 nitrogen and oxygen atoms in total. The smallest absolute Gasteiger partial charge is 0.121 e. The highest BCUT2D eigenvalue weighted by Crippen LogP contribution is 2.41. The van der Waals surface area contributed by atoms with Crippen LogP contribution in [0, 0.1) is 0 Å². The Morgan fingerprint density at radius 1 is 1.39 bits per heavy atom. The standard InChI is InChI=1S/C15H14FNS/c1-10-7-12-9-18-15-6-4-3-5-14(15)17(12)8-13(10)11(2)16/h3-7H,2,8-9H2,1H3. The molecule has 92 valence electrons. The SMILES string of the molecule is C=C(F)C1=C(C)C=C2CSc3ccccc3N2C1. The Morgan fingerprint density at radius 3 is 2.94 bits per heavy atom. The van der Waals surface area contributed by atoms with Crippen molar-refractivity contribution in [3.63, 3.8) is 0 Å². The molecule has 0 amide bonds. The topological polar surface area (TPSA) is 3.24 Å². The summed E-state index contributed by atoms with van der Waals surface area (Å²) in [7, 11) is 0. The van der Waals surface area contributed by atoms with Crippen LogP contribution < -0.4 is 4.90 Å². The third kappa shape index (κ3) is 1.79. The van der Waals surface area contributed by atoms with Crippen LogP contribution >= 0.6 is 11.8 Å². The maximum atomic E-state index is 13.5. The lowest BCUT2D eigenvalue weighted by Gasteiger charge is -2.36. The number of thioether (sulfide) groups is 1. The normalized spacial score (nSPS) is 18.1. The number of hydrogen-bond donors (Lipinski definition) is 0. The molecule has 0 radical (unpaired) electrons. The van der Waals surface area contributed by atoms with Crippen molar-refractivity contribution >= 4 is 17.4 Å². The minimum absolute atomic E-state index is 0.321. The summed E-state index contributed by atoms with van der Waals surface area (Å²) in [6.45, 7) is 5.98. The first-order valence-corrected chi connectivity index (χ1v) is 6.90. The molecule has 3 heteroatoms. The molecule has 0 atom stereocenters. The lowest BCUT2D eigenvalue weighted by molar-refractivity contribution is 0.643. The lowest BCUT2D eigenvalue weighted by atomic mass is 10.0. The zero-order chi connectivity index (χ0) is 12.7. The van der Waals surface area contributed by atoms with Crippen LogP contribution in [0.2, 0.25) is 0 Å². The molecule has 1 aromatic carbocycles. The molecule has 0 unspecified atom stereocenters. The molecule has 0 bridgehead atoms. The minimum Gasteiger partial charge on any atom is -0.339 e. The first kappa shape index (κ1) is 11.6. The van der Waals surface area contributed by atoms with Gasteiger partial charge < -0.3 is 4.90 Å². The predicted molar refractivity (Wildman–Crippen MR) is 75.5 cm³/mol. The molecule has 0 fully saturated rings. The van der Waals surface area contributed by atoms with Crippen LogP contribution in [-0.2, 0) is 0 Å². The Hall–Kier alpha value is -1.48. The second kappa shape index (κ2) is 4.32. The summed E-state index contributed by atoms with van der Waals surface area (Å²) >= 11 is 1.84. The average Bonchev–Trinajstić information content (AvgIpc) is 2.37. The largest absolute Gasteiger partial charge is 0.339 e. The van der Waals surface area contributed by atoms with E-state index in [9.17, 15) is 4.39 Å². The third-order valence-corrected chi connectivity index (χ3v) is 4.48. The highest BCUT2D eigenvalue weighted by molar-refractivity contribution is 7.99. The van der Waals surface area contributed by atoms with Crippen LogP contribution in [0.5, 0.6) is 0 Å². The summed E-state index contributed by atoms with van der Waals surface area (Å²) in [4.78, 5) is 3.46. The fourth-order valence-corrected chi connectivity index (χ4v) is 3.46. The maximum Gasteiger partial charge on any atom is 0.121 e. The molecular formula is C15H14FNS. The molecule has 2 heterocycles. The summed E-state index contributed by atoms with van der Waals surface area (Å²) < 4.78 is 13.5. The van der Waals surface area contributed by atoms with Crippen molar-refractivity contribution in [2.24, 2.45) is 0 Å². The van der Waals surface area contributed by atoms with E-state index in [1.165, 1.54) is 16.3 Å². The molecule has 2 aliphatic rings. The molecule has 0 aliphatic carbocycles. The van der Waals surface area contributed by atoms with E-state index >= 15 is 0 Å². The Labute approximate surface area is 111 Å². The van der Waals surface area contributed by atoms with E-state index in [1.54, 1.807) is 0 Å². The summed E-state index contributed by atoms with van der Waals surface area (Å²) in [6, 6.07) is 8.28. The van der Waals surface area contributed by atoms with Crippen LogP contribution in [0.3, 0.4) is 0 Å². The van der Waals surface area contributed by atoms with Crippen LogP contribution in [0.1, 0.15) is 6.92 Å². The van der Waals surface area contributed by atoms with Crippen molar-refractivity contribution in [3.05, 3.63) is 59.6 Å². The third-order valence-electron chi connectivity index (χ3n) is 3.38. The van der Waals surface area contributed by atoms with Gasteiger partial charge in [0.1, 0.15) is 5.83 Å². The van der Waals surface area contributed by atoms with Crippen molar-refractivity contribution in [2.75, 3.05) is 17.2 Å². The Morgan fingerprint density at radius 2 is 2.17 bits per heavy atom. The van der Waals surface area contributed by atoms with Gasteiger partial charge in [-0.05, 0) is 30.7 Å².